The molecule has 0 aliphatic carbocycles. The van der Waals surface area contributed by atoms with E-state index in [1.54, 1.807) is 6.92 Å². The van der Waals surface area contributed by atoms with Crippen LogP contribution in [0.25, 0.3) is 0 Å². The molecular formula is C13H25O10S3Sb. The smallest absolute Gasteiger partial charge is 0.549 e. The molecule has 14 heteroatoms. The van der Waals surface area contributed by atoms with Crippen LogP contribution in [0, 0.1) is 0 Å². The third kappa shape index (κ3) is 76.2. The van der Waals surface area contributed by atoms with Crippen molar-refractivity contribution in [3.05, 3.63) is 0 Å². The van der Waals surface area contributed by atoms with E-state index in [2.05, 4.69) is 37.9 Å². The number of aliphatic hydroxyl groups excluding tert-OH is 2. The molecule has 0 saturated heterocycles. The Morgan fingerprint density at radius 1 is 0.852 bits per heavy atom. The second kappa shape index (κ2) is 33.7. The van der Waals surface area contributed by atoms with Crippen LogP contribution in [0.2, 0.25) is 0 Å². The maximum absolute atomic E-state index is 9.18. The number of aliphatic carboxylic acids is 3. The molecule has 1 atom stereocenters. The molecule has 0 aromatic carbocycles. The minimum absolute atomic E-state index is 0. The number of ether oxygens (including phenoxy) is 2. The standard InChI is InChI=1S/C7H16O4.3C2H4O2S.Sb/c1-7(9)6-11-5-4-10-3-2-8;3*3-2(4)1-5;/h7-9H,2-6H2,1H3;3*5H,1H2,(H,3,4);/q;;;;+3/p-3. The second-order valence-electron chi connectivity index (χ2n) is 3.85. The van der Waals surface area contributed by atoms with Crippen LogP contribution in [0.15, 0.2) is 0 Å². The number of thiol groups is 3. The van der Waals surface area contributed by atoms with Crippen molar-refractivity contribution in [2.24, 2.45) is 0 Å². The second-order valence-corrected chi connectivity index (χ2v) is 4.80. The van der Waals surface area contributed by atoms with Crippen LogP contribution in [0.5, 0.6) is 0 Å². The van der Waals surface area contributed by atoms with Gasteiger partial charge in [0, 0.05) is 17.3 Å². The number of carbonyl (C=O) groups is 3. The number of aliphatic hydroxyl groups is 2. The maximum Gasteiger partial charge on any atom is 3.00 e. The number of carboxylic acid groups (broad SMARTS) is 3. The maximum atomic E-state index is 9.18. The zero-order valence-electron chi connectivity index (χ0n) is 14.7. The van der Waals surface area contributed by atoms with E-state index in [1.165, 1.54) is 0 Å². The Morgan fingerprint density at radius 2 is 1.15 bits per heavy atom. The van der Waals surface area contributed by atoms with Gasteiger partial charge in [0.1, 0.15) is 0 Å². The summed E-state index contributed by atoms with van der Waals surface area (Å²) in [6.45, 7) is 3.31. The van der Waals surface area contributed by atoms with Crippen LogP contribution in [0.3, 0.4) is 0 Å². The van der Waals surface area contributed by atoms with Gasteiger partial charge in [0.2, 0.25) is 0 Å². The van der Waals surface area contributed by atoms with Crippen molar-refractivity contribution in [3.8, 4) is 0 Å². The van der Waals surface area contributed by atoms with Crippen LogP contribution in [-0.2, 0) is 23.9 Å². The van der Waals surface area contributed by atoms with E-state index >= 15 is 0 Å². The molecule has 0 aromatic rings. The molecule has 160 valence electrons. The van der Waals surface area contributed by atoms with Gasteiger partial charge in [-0.25, -0.2) is 0 Å². The number of hydrogen-bond donors (Lipinski definition) is 5. The fourth-order valence-corrected chi connectivity index (χ4v) is 0.538. The summed E-state index contributed by atoms with van der Waals surface area (Å²) in [6, 6.07) is 0. The van der Waals surface area contributed by atoms with Crippen molar-refractivity contribution in [3.63, 3.8) is 0 Å². The first-order valence-electron chi connectivity index (χ1n) is 6.95. The first kappa shape index (κ1) is 37.8. The minimum Gasteiger partial charge on any atom is -0.549 e. The van der Waals surface area contributed by atoms with E-state index in [0.29, 0.717) is 26.4 Å². The van der Waals surface area contributed by atoms with Gasteiger partial charge < -0.3 is 49.4 Å². The molecule has 0 fully saturated rings. The van der Waals surface area contributed by atoms with E-state index in [4.69, 9.17) is 19.7 Å². The van der Waals surface area contributed by atoms with E-state index in [1.807, 2.05) is 0 Å². The van der Waals surface area contributed by atoms with Gasteiger partial charge in [0.25, 0.3) is 0 Å². The Balaban J connectivity index is -0.0000000858. The predicted molar refractivity (Wildman–Crippen MR) is 103 cm³/mol. The van der Waals surface area contributed by atoms with E-state index in [-0.39, 0.29) is 48.3 Å². The molecule has 0 bridgehead atoms. The van der Waals surface area contributed by atoms with Gasteiger partial charge in [-0.2, -0.15) is 37.9 Å². The zero-order valence-corrected chi connectivity index (χ0v) is 19.9. The van der Waals surface area contributed by atoms with Crippen molar-refractivity contribution < 1.29 is 49.4 Å². The third-order valence-electron chi connectivity index (χ3n) is 1.35. The summed E-state index contributed by atoms with van der Waals surface area (Å²) in [5.41, 5.74) is 0. The summed E-state index contributed by atoms with van der Waals surface area (Å²) >= 11 is 10.1. The molecule has 0 spiro atoms. The minimum atomic E-state index is -1.13. The molecular weight excluding hydrogens is 534 g/mol. The Bertz CT molecular complexity index is 302. The summed E-state index contributed by atoms with van der Waals surface area (Å²) < 4.78 is 9.89. The molecule has 27 heavy (non-hydrogen) atoms. The Morgan fingerprint density at radius 3 is 1.37 bits per heavy atom. The molecule has 0 aliphatic rings. The summed E-state index contributed by atoms with van der Waals surface area (Å²) in [7, 11) is 0. The van der Waals surface area contributed by atoms with Crippen molar-refractivity contribution in [1.82, 2.24) is 0 Å². The van der Waals surface area contributed by atoms with Gasteiger partial charge in [-0.05, 0) is 6.92 Å². The molecule has 0 aromatic heterocycles. The van der Waals surface area contributed by atoms with E-state index < -0.39 is 24.0 Å². The van der Waals surface area contributed by atoms with Crippen molar-refractivity contribution in [1.29, 1.82) is 0 Å². The Labute approximate surface area is 192 Å². The van der Waals surface area contributed by atoms with Crippen LogP contribution in [0.4, 0.5) is 0 Å². The van der Waals surface area contributed by atoms with Crippen LogP contribution >= 0.6 is 37.9 Å². The fourth-order valence-electron chi connectivity index (χ4n) is 0.538. The zero-order chi connectivity index (χ0) is 21.4. The number of carboxylic acids is 3. The number of rotatable bonds is 10. The van der Waals surface area contributed by atoms with Gasteiger partial charge in [-0.3, -0.25) is 0 Å². The molecule has 0 saturated carbocycles. The normalized spacial score (nSPS) is 9.56. The molecule has 2 radical (unpaired) electrons. The van der Waals surface area contributed by atoms with Crippen molar-refractivity contribution in [2.45, 2.75) is 13.0 Å². The van der Waals surface area contributed by atoms with Crippen molar-refractivity contribution in [2.75, 3.05) is 50.3 Å². The first-order chi connectivity index (χ1) is 12.1. The largest absolute Gasteiger partial charge is 3.00 e. The summed E-state index contributed by atoms with van der Waals surface area (Å²) in [5.74, 6) is -3.98. The average molecular weight is 559 g/mol. The third-order valence-corrected chi connectivity index (χ3v) is 2.13. The molecule has 1 unspecified atom stereocenters. The molecule has 0 amide bonds. The Hall–Kier alpha value is 0.118. The van der Waals surface area contributed by atoms with E-state index in [9.17, 15) is 29.7 Å². The van der Waals surface area contributed by atoms with Crippen LogP contribution < -0.4 is 15.3 Å². The molecule has 0 aliphatic heterocycles. The quantitative estimate of drug-likeness (QED) is 0.0989. The first-order valence-corrected chi connectivity index (χ1v) is 8.85. The SMILES string of the molecule is CC(O)COCCOCCO.O=C([O-])CS.O=C([O-])CS.O=C([O-])CS.[Sb+3]. The van der Waals surface area contributed by atoms with Crippen LogP contribution in [-0.4, -0.2) is 109 Å². The van der Waals surface area contributed by atoms with Crippen LogP contribution in [0.1, 0.15) is 6.92 Å². The summed E-state index contributed by atoms with van der Waals surface area (Å²) in [4.78, 5) is 27.5. The van der Waals surface area contributed by atoms with E-state index in [0.717, 1.165) is 0 Å². The monoisotopic (exact) mass is 558 g/mol. The van der Waals surface area contributed by atoms with Gasteiger partial charge in [0.15, 0.2) is 0 Å². The predicted octanol–water partition coefficient (Wildman–Crippen LogP) is -4.99. The molecule has 2 N–H and O–H groups in total. The van der Waals surface area contributed by atoms with Gasteiger partial charge >= 0.3 is 24.4 Å². The molecule has 0 heterocycles. The van der Waals surface area contributed by atoms with Gasteiger partial charge in [-0.1, -0.05) is 0 Å². The van der Waals surface area contributed by atoms with Crippen molar-refractivity contribution >= 4 is 80.2 Å². The number of carbonyl (C=O) groups excluding carboxylic acids is 3. The summed E-state index contributed by atoms with van der Waals surface area (Å²) in [6.07, 6.45) is -0.423. The van der Waals surface area contributed by atoms with Gasteiger partial charge in [0.05, 0.1) is 57.0 Å². The topological polar surface area (TPSA) is 179 Å². The number of hydrogen-bond acceptors (Lipinski definition) is 13. The summed E-state index contributed by atoms with van der Waals surface area (Å²) in [5, 5.41) is 44.6. The molecule has 0 rings (SSSR count). The Kier molecular flexibility index (Phi) is 47.2. The fraction of sp³-hybridized carbons (Fsp3) is 0.769. The van der Waals surface area contributed by atoms with Gasteiger partial charge in [-0.15, -0.1) is 0 Å². The average Bonchev–Trinajstić information content (AvgIpc) is 2.59. The molecule has 10 nitrogen and oxygen atoms in total.